The third-order valence-corrected chi connectivity index (χ3v) is 3.03. The van der Waals surface area contributed by atoms with Crippen LogP contribution in [-0.4, -0.2) is 63.9 Å². The molecular weight excluding hydrogens is 266 g/mol. The Morgan fingerprint density at radius 1 is 1.40 bits per heavy atom. The monoisotopic (exact) mass is 285 g/mol. The Kier molecular flexibility index (Phi) is 4.36. The Morgan fingerprint density at radius 3 is 2.30 bits per heavy atom. The summed E-state index contributed by atoms with van der Waals surface area (Å²) in [6, 6.07) is -1.61. The van der Waals surface area contributed by atoms with E-state index < -0.39 is 36.0 Å². The molecule has 0 aromatic heterocycles. The molecule has 1 unspecified atom stereocenters. The summed E-state index contributed by atoms with van der Waals surface area (Å²) in [5, 5.41) is 11.3. The number of hydrogen-bond donors (Lipinski definition) is 2. The first-order chi connectivity index (χ1) is 9.04. The first kappa shape index (κ1) is 15.9. The largest absolute Gasteiger partial charge is 0.480 e. The fraction of sp³-hybridized carbons (Fsp3) is 0.667. The first-order valence-electron chi connectivity index (χ1n) is 6.14. The van der Waals surface area contributed by atoms with Crippen LogP contribution < -0.4 is 5.32 Å². The molecule has 0 radical (unpaired) electrons. The van der Waals surface area contributed by atoms with Crippen LogP contribution in [0.2, 0.25) is 0 Å². The van der Waals surface area contributed by atoms with E-state index in [0.29, 0.717) is 0 Å². The van der Waals surface area contributed by atoms with Crippen LogP contribution in [0.25, 0.3) is 0 Å². The molecule has 0 aliphatic carbocycles. The number of urea groups is 1. The van der Waals surface area contributed by atoms with Gasteiger partial charge >= 0.3 is 12.0 Å². The zero-order valence-corrected chi connectivity index (χ0v) is 12.0. The van der Waals surface area contributed by atoms with Crippen molar-refractivity contribution in [2.75, 3.05) is 13.6 Å². The summed E-state index contributed by atoms with van der Waals surface area (Å²) in [5.41, 5.74) is -0.722. The van der Waals surface area contributed by atoms with Crippen LogP contribution in [0.15, 0.2) is 0 Å². The molecule has 0 aromatic carbocycles. The molecule has 8 nitrogen and oxygen atoms in total. The maximum absolute atomic E-state index is 12.1. The predicted octanol–water partition coefficient (Wildman–Crippen LogP) is -0.362. The highest BCUT2D eigenvalue weighted by atomic mass is 16.4. The molecule has 8 heteroatoms. The number of nitrogens with zero attached hydrogens (tertiary/aromatic N) is 2. The van der Waals surface area contributed by atoms with Crippen LogP contribution in [0.3, 0.4) is 0 Å². The molecule has 0 spiro atoms. The van der Waals surface area contributed by atoms with Crippen LogP contribution in [0.4, 0.5) is 4.79 Å². The number of aliphatic carboxylic acids is 1. The van der Waals surface area contributed by atoms with Crippen LogP contribution in [0, 0.1) is 0 Å². The van der Waals surface area contributed by atoms with E-state index in [4.69, 9.17) is 5.11 Å². The Balaban J connectivity index is 2.80. The maximum atomic E-state index is 12.1. The number of rotatable bonds is 3. The number of carbonyl (C=O) groups excluding carboxylic acids is 3. The van der Waals surface area contributed by atoms with Gasteiger partial charge in [-0.3, -0.25) is 19.3 Å². The van der Waals surface area contributed by atoms with Crippen molar-refractivity contribution in [2.45, 2.75) is 38.8 Å². The Bertz CT molecular complexity index is 454. The van der Waals surface area contributed by atoms with Gasteiger partial charge in [-0.1, -0.05) is 0 Å². The minimum absolute atomic E-state index is 0.105. The topological polar surface area (TPSA) is 107 Å². The van der Waals surface area contributed by atoms with Gasteiger partial charge in [-0.15, -0.1) is 0 Å². The van der Waals surface area contributed by atoms with E-state index in [-0.39, 0.29) is 12.3 Å². The van der Waals surface area contributed by atoms with E-state index in [1.807, 2.05) is 0 Å². The van der Waals surface area contributed by atoms with Gasteiger partial charge in [0.25, 0.3) is 5.91 Å². The molecule has 1 aliphatic heterocycles. The third-order valence-electron chi connectivity index (χ3n) is 3.03. The number of carboxylic acid groups (broad SMARTS) is 1. The van der Waals surface area contributed by atoms with Gasteiger partial charge in [0.15, 0.2) is 0 Å². The van der Waals surface area contributed by atoms with E-state index >= 15 is 0 Å². The maximum Gasteiger partial charge on any atom is 0.323 e. The number of nitrogens with one attached hydrogen (secondary N) is 1. The number of likely N-dealkylation sites (N-methyl/N-ethyl adjacent to an activating group) is 1. The summed E-state index contributed by atoms with van der Waals surface area (Å²) in [5.74, 6) is -2.02. The lowest BCUT2D eigenvalue weighted by atomic mass is 10.1. The number of likely N-dealkylation sites (tertiary alicyclic amines) is 1. The van der Waals surface area contributed by atoms with Crippen molar-refractivity contribution in [1.82, 2.24) is 15.1 Å². The van der Waals surface area contributed by atoms with Crippen molar-refractivity contribution in [3.63, 3.8) is 0 Å². The van der Waals surface area contributed by atoms with Crippen LogP contribution in [0.1, 0.15) is 27.2 Å². The fourth-order valence-electron chi connectivity index (χ4n) is 1.84. The predicted molar refractivity (Wildman–Crippen MR) is 68.8 cm³/mol. The highest BCUT2D eigenvalue weighted by Crippen LogP contribution is 2.15. The lowest BCUT2D eigenvalue weighted by Crippen LogP contribution is -2.55. The van der Waals surface area contributed by atoms with E-state index in [9.17, 15) is 19.2 Å². The van der Waals surface area contributed by atoms with Crippen LogP contribution in [-0.2, 0) is 14.4 Å². The standard InChI is InChI=1S/C12H19N3O5/c1-12(2,3)15(6-9(17)18)11(20)13-7-5-8(16)14(4)10(7)19/h7H,5-6H2,1-4H3,(H,13,20)(H,17,18). The summed E-state index contributed by atoms with van der Waals surface area (Å²) in [7, 11) is 1.34. The minimum atomic E-state index is -1.15. The van der Waals surface area contributed by atoms with Gasteiger partial charge in [0, 0.05) is 12.6 Å². The van der Waals surface area contributed by atoms with Gasteiger partial charge in [0.2, 0.25) is 5.91 Å². The fourth-order valence-corrected chi connectivity index (χ4v) is 1.84. The number of carboxylic acids is 1. The van der Waals surface area contributed by atoms with Gasteiger partial charge < -0.3 is 15.3 Å². The van der Waals surface area contributed by atoms with Gasteiger partial charge in [0.05, 0.1) is 6.42 Å². The van der Waals surface area contributed by atoms with Crippen molar-refractivity contribution < 1.29 is 24.3 Å². The molecule has 1 heterocycles. The van der Waals surface area contributed by atoms with E-state index in [2.05, 4.69) is 5.32 Å². The van der Waals surface area contributed by atoms with E-state index in [1.165, 1.54) is 7.05 Å². The summed E-state index contributed by atoms with van der Waals surface area (Å²) < 4.78 is 0. The van der Waals surface area contributed by atoms with Crippen LogP contribution >= 0.6 is 0 Å². The molecular formula is C12H19N3O5. The molecule has 1 fully saturated rings. The Hall–Kier alpha value is -2.12. The number of hydrogen-bond acceptors (Lipinski definition) is 4. The Labute approximate surface area is 116 Å². The smallest absolute Gasteiger partial charge is 0.323 e. The minimum Gasteiger partial charge on any atom is -0.480 e. The second-order valence-corrected chi connectivity index (χ2v) is 5.65. The summed E-state index contributed by atoms with van der Waals surface area (Å²) >= 11 is 0. The first-order valence-corrected chi connectivity index (χ1v) is 6.14. The quantitative estimate of drug-likeness (QED) is 0.688. The highest BCUT2D eigenvalue weighted by molar-refractivity contribution is 6.06. The number of imide groups is 1. The van der Waals surface area contributed by atoms with Crippen molar-refractivity contribution >= 4 is 23.8 Å². The van der Waals surface area contributed by atoms with Gasteiger partial charge in [-0.25, -0.2) is 4.79 Å². The molecule has 1 atom stereocenters. The summed E-state index contributed by atoms with van der Waals surface area (Å²) in [6.07, 6.45) is -0.105. The molecule has 0 bridgehead atoms. The van der Waals surface area contributed by atoms with Crippen LogP contribution in [0.5, 0.6) is 0 Å². The van der Waals surface area contributed by atoms with Crippen molar-refractivity contribution in [3.8, 4) is 0 Å². The second-order valence-electron chi connectivity index (χ2n) is 5.65. The SMILES string of the molecule is CN1C(=O)CC(NC(=O)N(CC(=O)O)C(C)(C)C)C1=O. The van der Waals surface area contributed by atoms with Crippen molar-refractivity contribution in [1.29, 1.82) is 0 Å². The molecule has 1 aliphatic rings. The van der Waals surface area contributed by atoms with Crippen molar-refractivity contribution in [2.24, 2.45) is 0 Å². The second kappa shape index (κ2) is 5.48. The lowest BCUT2D eigenvalue weighted by Gasteiger charge is -2.34. The highest BCUT2D eigenvalue weighted by Gasteiger charge is 2.39. The lowest BCUT2D eigenvalue weighted by molar-refractivity contribution is -0.139. The van der Waals surface area contributed by atoms with E-state index in [1.54, 1.807) is 20.8 Å². The van der Waals surface area contributed by atoms with Gasteiger partial charge in [0.1, 0.15) is 12.6 Å². The molecule has 1 rings (SSSR count). The molecule has 0 saturated carbocycles. The molecule has 112 valence electrons. The zero-order valence-electron chi connectivity index (χ0n) is 12.0. The average Bonchev–Trinajstić information content (AvgIpc) is 2.52. The molecule has 2 N–H and O–H groups in total. The molecule has 20 heavy (non-hydrogen) atoms. The van der Waals surface area contributed by atoms with E-state index in [0.717, 1.165) is 9.80 Å². The van der Waals surface area contributed by atoms with Crippen molar-refractivity contribution in [3.05, 3.63) is 0 Å². The normalized spacial score (nSPS) is 19.2. The third kappa shape index (κ3) is 3.46. The molecule has 4 amide bonds. The van der Waals surface area contributed by atoms with Gasteiger partial charge in [-0.2, -0.15) is 0 Å². The molecule has 1 saturated heterocycles. The summed E-state index contributed by atoms with van der Waals surface area (Å²) in [4.78, 5) is 48.0. The molecule has 0 aromatic rings. The average molecular weight is 285 g/mol. The zero-order chi connectivity index (χ0) is 15.7. The van der Waals surface area contributed by atoms with Gasteiger partial charge in [-0.05, 0) is 20.8 Å². The Morgan fingerprint density at radius 2 is 1.95 bits per heavy atom. The number of amides is 4. The summed E-state index contributed by atoms with van der Waals surface area (Å²) in [6.45, 7) is 4.57. The number of carbonyl (C=O) groups is 4.